The Labute approximate surface area is 227 Å². The summed E-state index contributed by atoms with van der Waals surface area (Å²) in [7, 11) is 0. The third-order valence-corrected chi connectivity index (χ3v) is 7.30. The Balaban J connectivity index is 1.73. The average Bonchev–Trinajstić information content (AvgIpc) is 2.98. The maximum Gasteiger partial charge on any atom is 0.343 e. The zero-order chi connectivity index (χ0) is 28.2. The Hall–Kier alpha value is -4.72. The van der Waals surface area contributed by atoms with Crippen LogP contribution in [0.25, 0.3) is 0 Å². The summed E-state index contributed by atoms with van der Waals surface area (Å²) in [5.41, 5.74) is -0.0377. The van der Waals surface area contributed by atoms with Gasteiger partial charge in [-0.05, 0) is 29.8 Å². The molecule has 0 unspecified atom stereocenters. The van der Waals surface area contributed by atoms with Crippen LogP contribution in [-0.4, -0.2) is 21.8 Å². The molecule has 3 aromatic carbocycles. The van der Waals surface area contributed by atoms with Crippen LogP contribution in [0.3, 0.4) is 0 Å². The van der Waals surface area contributed by atoms with Crippen LogP contribution in [0.1, 0.15) is 54.0 Å². The van der Waals surface area contributed by atoms with Crippen LogP contribution in [0.15, 0.2) is 109 Å². The van der Waals surface area contributed by atoms with Crippen LogP contribution in [-0.2, 0) is 16.0 Å². The van der Waals surface area contributed by atoms with Crippen molar-refractivity contribution < 1.29 is 24.0 Å². The molecule has 0 aromatic heterocycles. The van der Waals surface area contributed by atoms with E-state index in [9.17, 15) is 19.7 Å². The summed E-state index contributed by atoms with van der Waals surface area (Å²) < 4.78 is 12.0. The number of nitrogens with zero attached hydrogens (tertiary/aromatic N) is 2. The number of ether oxygens (including phenoxy) is 2. The van der Waals surface area contributed by atoms with Crippen molar-refractivity contribution >= 4 is 17.6 Å². The molecule has 3 aromatic rings. The molecule has 0 spiro atoms. The van der Waals surface area contributed by atoms with Crippen LogP contribution in [0, 0.1) is 20.9 Å². The summed E-state index contributed by atoms with van der Waals surface area (Å²) in [5.74, 6) is -0.257. The Morgan fingerprint density at radius 3 is 1.51 bits per heavy atom. The quantitative estimate of drug-likeness (QED) is 0.188. The van der Waals surface area contributed by atoms with Gasteiger partial charge in [0.05, 0.1) is 16.1 Å². The first-order valence-corrected chi connectivity index (χ1v) is 12.5. The number of hydrogen-bond donors (Lipinski definition) is 0. The minimum Gasteiger partial charge on any atom is -0.425 e. The zero-order valence-electron chi connectivity index (χ0n) is 22.3. The first kappa shape index (κ1) is 27.3. The molecule has 0 saturated carbocycles. The van der Waals surface area contributed by atoms with Gasteiger partial charge in [0.2, 0.25) is 0 Å². The molecule has 0 N–H and O–H groups in total. The standard InChI is InChI=1S/C31H30N2O6/c1-30(2)26(38-28(34)23-11-7-5-8-12-23)20-32(19-22-15-17-25(18-16-22)33(36)37)21-27(31(30,3)4)39-29(35)24-13-9-6-10-14-24/h5-18,20-21H,19H2,1-4H3. The number of carbonyl (C=O) groups excluding carboxylic acids is 2. The lowest BCUT2D eigenvalue weighted by atomic mass is 9.66. The number of esters is 2. The Morgan fingerprint density at radius 2 is 1.13 bits per heavy atom. The van der Waals surface area contributed by atoms with E-state index >= 15 is 0 Å². The lowest BCUT2D eigenvalue weighted by molar-refractivity contribution is -0.384. The van der Waals surface area contributed by atoms with Crippen molar-refractivity contribution in [2.24, 2.45) is 10.8 Å². The highest BCUT2D eigenvalue weighted by atomic mass is 16.6. The maximum atomic E-state index is 13.1. The van der Waals surface area contributed by atoms with E-state index in [1.54, 1.807) is 78.0 Å². The fourth-order valence-corrected chi connectivity index (χ4v) is 4.08. The highest BCUT2D eigenvalue weighted by molar-refractivity contribution is 5.90. The van der Waals surface area contributed by atoms with E-state index in [-0.39, 0.29) is 12.2 Å². The molecule has 39 heavy (non-hydrogen) atoms. The van der Waals surface area contributed by atoms with Crippen LogP contribution in [0.4, 0.5) is 5.69 Å². The molecule has 0 amide bonds. The molecular formula is C31H30N2O6. The van der Waals surface area contributed by atoms with Crippen molar-refractivity contribution in [2.45, 2.75) is 34.2 Å². The van der Waals surface area contributed by atoms with Gasteiger partial charge in [0.1, 0.15) is 11.5 Å². The normalized spacial score (nSPS) is 15.8. The van der Waals surface area contributed by atoms with Gasteiger partial charge < -0.3 is 14.4 Å². The van der Waals surface area contributed by atoms with E-state index in [1.165, 1.54) is 12.1 Å². The van der Waals surface area contributed by atoms with Crippen molar-refractivity contribution in [1.82, 2.24) is 4.90 Å². The predicted octanol–water partition coefficient (Wildman–Crippen LogP) is 6.86. The molecule has 0 atom stereocenters. The lowest BCUT2D eigenvalue weighted by Crippen LogP contribution is -2.38. The largest absolute Gasteiger partial charge is 0.425 e. The molecule has 0 aliphatic carbocycles. The summed E-state index contributed by atoms with van der Waals surface area (Å²) in [4.78, 5) is 38.6. The van der Waals surface area contributed by atoms with E-state index in [4.69, 9.17) is 9.47 Å². The number of carbonyl (C=O) groups is 2. The van der Waals surface area contributed by atoms with Crippen molar-refractivity contribution in [3.63, 3.8) is 0 Å². The molecular weight excluding hydrogens is 496 g/mol. The second-order valence-electron chi connectivity index (χ2n) is 10.3. The van der Waals surface area contributed by atoms with Gasteiger partial charge in [-0.1, -0.05) is 76.2 Å². The van der Waals surface area contributed by atoms with Crippen LogP contribution < -0.4 is 0 Å². The van der Waals surface area contributed by atoms with Crippen LogP contribution in [0.5, 0.6) is 0 Å². The molecule has 1 aliphatic rings. The molecule has 1 aliphatic heterocycles. The predicted molar refractivity (Wildman–Crippen MR) is 146 cm³/mol. The zero-order valence-corrected chi connectivity index (χ0v) is 22.3. The van der Waals surface area contributed by atoms with Crippen LogP contribution in [0.2, 0.25) is 0 Å². The SMILES string of the molecule is CC1(C)C(OC(=O)c2ccccc2)=CN(Cc2ccc([N+](=O)[O-])cc2)C=C(OC(=O)c2ccccc2)C1(C)C. The number of hydrogen-bond acceptors (Lipinski definition) is 7. The number of rotatable bonds is 7. The van der Waals surface area contributed by atoms with Gasteiger partial charge in [-0.25, -0.2) is 9.59 Å². The number of nitro benzene ring substituents is 1. The molecule has 0 radical (unpaired) electrons. The van der Waals surface area contributed by atoms with Crippen molar-refractivity contribution in [2.75, 3.05) is 0 Å². The topological polar surface area (TPSA) is 99.0 Å². The Kier molecular flexibility index (Phi) is 7.67. The molecule has 4 rings (SSSR count). The highest BCUT2D eigenvalue weighted by Crippen LogP contribution is 2.51. The third kappa shape index (κ3) is 5.90. The smallest absolute Gasteiger partial charge is 0.343 e. The average molecular weight is 527 g/mol. The van der Waals surface area contributed by atoms with Gasteiger partial charge in [-0.3, -0.25) is 10.1 Å². The first-order chi connectivity index (χ1) is 18.5. The van der Waals surface area contributed by atoms with Gasteiger partial charge in [-0.15, -0.1) is 0 Å². The second kappa shape index (κ2) is 10.9. The Morgan fingerprint density at radius 1 is 0.718 bits per heavy atom. The third-order valence-electron chi connectivity index (χ3n) is 7.30. The molecule has 8 heteroatoms. The molecule has 0 fully saturated rings. The van der Waals surface area contributed by atoms with E-state index in [1.807, 2.05) is 39.8 Å². The van der Waals surface area contributed by atoms with Crippen molar-refractivity contribution in [3.8, 4) is 0 Å². The van der Waals surface area contributed by atoms with Gasteiger partial charge in [0.15, 0.2) is 0 Å². The molecule has 1 heterocycles. The fraction of sp³-hybridized carbons (Fsp3) is 0.226. The second-order valence-corrected chi connectivity index (χ2v) is 10.3. The molecule has 0 bridgehead atoms. The van der Waals surface area contributed by atoms with Gasteiger partial charge in [0.25, 0.3) is 5.69 Å². The number of allylic oxidation sites excluding steroid dienone is 2. The Bertz CT molecular complexity index is 1340. The molecule has 0 saturated heterocycles. The maximum absolute atomic E-state index is 13.1. The van der Waals surface area contributed by atoms with E-state index < -0.39 is 27.7 Å². The summed E-state index contributed by atoms with van der Waals surface area (Å²) in [6.45, 7) is 7.99. The first-order valence-electron chi connectivity index (χ1n) is 12.5. The minimum absolute atomic E-state index is 0.0158. The number of nitro groups is 1. The van der Waals surface area contributed by atoms with Gasteiger partial charge >= 0.3 is 11.9 Å². The number of non-ortho nitro benzene ring substituents is 1. The van der Waals surface area contributed by atoms with E-state index in [2.05, 4.69) is 0 Å². The lowest BCUT2D eigenvalue weighted by Gasteiger charge is -2.41. The summed E-state index contributed by atoms with van der Waals surface area (Å²) in [6.07, 6.45) is 3.43. The van der Waals surface area contributed by atoms with Gasteiger partial charge in [0, 0.05) is 41.9 Å². The molecule has 8 nitrogen and oxygen atoms in total. The number of benzene rings is 3. The summed E-state index contributed by atoms with van der Waals surface area (Å²) >= 11 is 0. The monoisotopic (exact) mass is 526 g/mol. The fourth-order valence-electron chi connectivity index (χ4n) is 4.08. The summed E-state index contributed by atoms with van der Waals surface area (Å²) in [5, 5.41) is 11.1. The van der Waals surface area contributed by atoms with E-state index in [0.717, 1.165) is 5.56 Å². The minimum atomic E-state index is -0.801. The summed E-state index contributed by atoms with van der Waals surface area (Å²) in [6, 6.07) is 23.6. The van der Waals surface area contributed by atoms with Crippen molar-refractivity contribution in [1.29, 1.82) is 0 Å². The molecule has 200 valence electrons. The van der Waals surface area contributed by atoms with E-state index in [0.29, 0.717) is 22.6 Å². The van der Waals surface area contributed by atoms with Gasteiger partial charge in [-0.2, -0.15) is 0 Å². The highest BCUT2D eigenvalue weighted by Gasteiger charge is 2.48. The van der Waals surface area contributed by atoms with Crippen molar-refractivity contribution in [3.05, 3.63) is 136 Å². The van der Waals surface area contributed by atoms with Crippen LogP contribution >= 0.6 is 0 Å².